The minimum atomic E-state index is -0.146. The van der Waals surface area contributed by atoms with Gasteiger partial charge in [0, 0.05) is 30.8 Å². The molecule has 0 fully saturated rings. The molecule has 6 nitrogen and oxygen atoms in total. The Labute approximate surface area is 112 Å². The lowest BCUT2D eigenvalue weighted by molar-refractivity contribution is 0.0755. The van der Waals surface area contributed by atoms with Gasteiger partial charge in [-0.25, -0.2) is 0 Å². The first-order valence-electron chi connectivity index (χ1n) is 6.72. The number of nitrogens with one attached hydrogen (secondary N) is 2. The Balaban J connectivity index is 1.78. The lowest BCUT2D eigenvalue weighted by Crippen LogP contribution is -2.27. The fourth-order valence-electron chi connectivity index (χ4n) is 1.98. The highest BCUT2D eigenvalue weighted by Crippen LogP contribution is 2.17. The summed E-state index contributed by atoms with van der Waals surface area (Å²) in [5, 5.41) is 9.84. The Morgan fingerprint density at radius 3 is 3.21 bits per heavy atom. The molecule has 1 amide bonds. The molecular formula is C13H21N3O3. The van der Waals surface area contributed by atoms with Gasteiger partial charge in [-0.2, -0.15) is 5.10 Å². The van der Waals surface area contributed by atoms with Crippen molar-refractivity contribution in [2.24, 2.45) is 0 Å². The molecule has 0 saturated heterocycles. The van der Waals surface area contributed by atoms with Gasteiger partial charge < -0.3 is 14.8 Å². The van der Waals surface area contributed by atoms with Crippen molar-refractivity contribution in [1.29, 1.82) is 0 Å². The second-order valence-corrected chi connectivity index (χ2v) is 4.86. The molecule has 2 N–H and O–H groups in total. The number of H-pyrrole nitrogens is 1. The monoisotopic (exact) mass is 267 g/mol. The van der Waals surface area contributed by atoms with Crippen LogP contribution in [0.1, 0.15) is 42.0 Å². The van der Waals surface area contributed by atoms with E-state index in [1.54, 1.807) is 0 Å². The molecule has 106 valence electrons. The molecule has 0 aliphatic carbocycles. The number of carbonyl (C=O) groups excluding carboxylic acids is 1. The molecule has 2 heterocycles. The Hall–Kier alpha value is -1.40. The molecule has 1 aliphatic rings. The fraction of sp³-hybridized carbons (Fsp3) is 0.692. The summed E-state index contributed by atoms with van der Waals surface area (Å²) in [4.78, 5) is 12.0. The van der Waals surface area contributed by atoms with Gasteiger partial charge in [-0.15, -0.1) is 0 Å². The number of hydrogen-bond acceptors (Lipinski definition) is 4. The summed E-state index contributed by atoms with van der Waals surface area (Å²) in [6, 6.07) is 0. The van der Waals surface area contributed by atoms with Crippen LogP contribution >= 0.6 is 0 Å². The molecule has 0 saturated carbocycles. The lowest BCUT2D eigenvalue weighted by Gasteiger charge is -2.12. The van der Waals surface area contributed by atoms with Crippen LogP contribution in [0.3, 0.4) is 0 Å². The van der Waals surface area contributed by atoms with Gasteiger partial charge in [-0.1, -0.05) is 0 Å². The highest BCUT2D eigenvalue weighted by atomic mass is 16.5. The van der Waals surface area contributed by atoms with Crippen molar-refractivity contribution in [1.82, 2.24) is 15.5 Å². The van der Waals surface area contributed by atoms with E-state index in [9.17, 15) is 4.79 Å². The summed E-state index contributed by atoms with van der Waals surface area (Å²) >= 11 is 0. The van der Waals surface area contributed by atoms with Crippen LogP contribution in [0.5, 0.6) is 0 Å². The van der Waals surface area contributed by atoms with Crippen LogP contribution in [-0.2, 0) is 22.5 Å². The molecule has 1 aromatic rings. The number of amides is 1. The molecule has 0 spiro atoms. The molecule has 2 rings (SSSR count). The summed E-state index contributed by atoms with van der Waals surface area (Å²) < 4.78 is 10.8. The first-order chi connectivity index (χ1) is 9.18. The van der Waals surface area contributed by atoms with E-state index in [4.69, 9.17) is 9.47 Å². The molecule has 1 aliphatic heterocycles. The van der Waals surface area contributed by atoms with E-state index >= 15 is 0 Å². The zero-order valence-corrected chi connectivity index (χ0v) is 11.5. The summed E-state index contributed by atoms with van der Waals surface area (Å²) in [6.07, 6.45) is 1.82. The average Bonchev–Trinajstić information content (AvgIpc) is 2.81. The van der Waals surface area contributed by atoms with Crippen LogP contribution in [-0.4, -0.2) is 42.0 Å². The van der Waals surface area contributed by atoms with E-state index in [-0.39, 0.29) is 12.0 Å². The van der Waals surface area contributed by atoms with E-state index in [0.717, 1.165) is 24.1 Å². The van der Waals surface area contributed by atoms with Crippen LogP contribution in [0.4, 0.5) is 0 Å². The lowest BCUT2D eigenvalue weighted by atomic mass is 10.1. The number of aromatic amines is 1. The molecule has 0 bridgehead atoms. The van der Waals surface area contributed by atoms with E-state index in [0.29, 0.717) is 32.1 Å². The molecule has 0 radical (unpaired) electrons. The summed E-state index contributed by atoms with van der Waals surface area (Å²) in [6.45, 7) is 6.38. The van der Waals surface area contributed by atoms with Crippen molar-refractivity contribution in [2.75, 3.05) is 19.8 Å². The van der Waals surface area contributed by atoms with Crippen LogP contribution in [0.25, 0.3) is 0 Å². The van der Waals surface area contributed by atoms with Gasteiger partial charge in [0.15, 0.2) is 5.69 Å². The fourth-order valence-corrected chi connectivity index (χ4v) is 1.98. The highest BCUT2D eigenvalue weighted by molar-refractivity contribution is 5.93. The van der Waals surface area contributed by atoms with Gasteiger partial charge in [-0.3, -0.25) is 9.89 Å². The van der Waals surface area contributed by atoms with Crippen molar-refractivity contribution < 1.29 is 14.3 Å². The average molecular weight is 267 g/mol. The molecule has 0 aromatic carbocycles. The van der Waals surface area contributed by atoms with Crippen molar-refractivity contribution in [2.45, 2.75) is 39.4 Å². The number of carbonyl (C=O) groups is 1. The number of rotatable bonds is 6. The Morgan fingerprint density at radius 1 is 1.58 bits per heavy atom. The summed E-state index contributed by atoms with van der Waals surface area (Å²) in [7, 11) is 0. The van der Waals surface area contributed by atoms with Gasteiger partial charge >= 0.3 is 0 Å². The van der Waals surface area contributed by atoms with Gasteiger partial charge in [0.2, 0.25) is 0 Å². The van der Waals surface area contributed by atoms with Gasteiger partial charge in [-0.05, 0) is 20.3 Å². The SMILES string of the molecule is CC(C)OCCCNC(=O)c1n[nH]c2c1COCC2. The summed E-state index contributed by atoms with van der Waals surface area (Å²) in [5.74, 6) is -0.146. The molecule has 0 atom stereocenters. The van der Waals surface area contributed by atoms with Crippen LogP contribution in [0.15, 0.2) is 0 Å². The minimum Gasteiger partial charge on any atom is -0.379 e. The Kier molecular flexibility index (Phi) is 4.93. The van der Waals surface area contributed by atoms with E-state index in [1.807, 2.05) is 13.8 Å². The zero-order valence-electron chi connectivity index (χ0n) is 11.5. The number of aromatic nitrogens is 2. The number of fused-ring (bicyclic) bond motifs is 1. The van der Waals surface area contributed by atoms with Crippen molar-refractivity contribution in [3.8, 4) is 0 Å². The molecule has 1 aromatic heterocycles. The first kappa shape index (κ1) is 14.0. The second kappa shape index (κ2) is 6.68. The maximum absolute atomic E-state index is 12.0. The van der Waals surface area contributed by atoms with Crippen LogP contribution < -0.4 is 5.32 Å². The minimum absolute atomic E-state index is 0.146. The molecule has 6 heteroatoms. The van der Waals surface area contributed by atoms with Gasteiger partial charge in [0.05, 0.1) is 19.3 Å². The number of nitrogens with zero attached hydrogens (tertiary/aromatic N) is 1. The van der Waals surface area contributed by atoms with Gasteiger partial charge in [0.1, 0.15) is 0 Å². The maximum atomic E-state index is 12.0. The second-order valence-electron chi connectivity index (χ2n) is 4.86. The summed E-state index contributed by atoms with van der Waals surface area (Å²) in [5.41, 5.74) is 2.36. The van der Waals surface area contributed by atoms with Crippen molar-refractivity contribution >= 4 is 5.91 Å². The van der Waals surface area contributed by atoms with E-state index in [2.05, 4.69) is 15.5 Å². The Morgan fingerprint density at radius 2 is 2.42 bits per heavy atom. The smallest absolute Gasteiger partial charge is 0.272 e. The van der Waals surface area contributed by atoms with E-state index < -0.39 is 0 Å². The van der Waals surface area contributed by atoms with E-state index in [1.165, 1.54) is 0 Å². The number of ether oxygens (including phenoxy) is 2. The standard InChI is InChI=1S/C13H21N3O3/c1-9(2)19-6-3-5-14-13(17)12-10-8-18-7-4-11(10)15-16-12/h9H,3-8H2,1-2H3,(H,14,17)(H,15,16). The van der Waals surface area contributed by atoms with Crippen molar-refractivity contribution in [3.63, 3.8) is 0 Å². The third-order valence-corrected chi connectivity index (χ3v) is 2.97. The maximum Gasteiger partial charge on any atom is 0.272 e. The topological polar surface area (TPSA) is 76.2 Å². The van der Waals surface area contributed by atoms with Gasteiger partial charge in [0.25, 0.3) is 5.91 Å². The Bertz CT molecular complexity index is 429. The quantitative estimate of drug-likeness (QED) is 0.755. The highest BCUT2D eigenvalue weighted by Gasteiger charge is 2.21. The normalized spacial score (nSPS) is 14.5. The molecule has 0 unspecified atom stereocenters. The zero-order chi connectivity index (χ0) is 13.7. The molecule has 19 heavy (non-hydrogen) atoms. The predicted molar refractivity (Wildman–Crippen MR) is 70.0 cm³/mol. The first-order valence-corrected chi connectivity index (χ1v) is 6.72. The molecular weight excluding hydrogens is 246 g/mol. The van der Waals surface area contributed by atoms with Crippen LogP contribution in [0.2, 0.25) is 0 Å². The van der Waals surface area contributed by atoms with Crippen LogP contribution in [0, 0.1) is 0 Å². The third kappa shape index (κ3) is 3.78. The third-order valence-electron chi connectivity index (χ3n) is 2.97. The number of hydrogen-bond donors (Lipinski definition) is 2. The van der Waals surface area contributed by atoms with Crippen molar-refractivity contribution in [3.05, 3.63) is 17.0 Å². The largest absolute Gasteiger partial charge is 0.379 e. The predicted octanol–water partition coefficient (Wildman–Crippen LogP) is 1.03.